The number of amides is 1. The number of furan rings is 1. The van der Waals surface area contributed by atoms with Crippen LogP contribution in [-0.2, 0) is 6.42 Å². The molecule has 0 saturated carbocycles. The van der Waals surface area contributed by atoms with E-state index in [1.165, 1.54) is 11.2 Å². The van der Waals surface area contributed by atoms with Gasteiger partial charge in [0, 0.05) is 18.5 Å². The Morgan fingerprint density at radius 3 is 2.71 bits per heavy atom. The number of benzene rings is 1. The van der Waals surface area contributed by atoms with Gasteiger partial charge in [0.1, 0.15) is 11.8 Å². The highest BCUT2D eigenvalue weighted by molar-refractivity contribution is 6.06. The molecule has 0 spiro atoms. The van der Waals surface area contributed by atoms with Crippen LogP contribution in [0.2, 0.25) is 0 Å². The van der Waals surface area contributed by atoms with E-state index >= 15 is 0 Å². The zero-order chi connectivity index (χ0) is 15.2. The van der Waals surface area contributed by atoms with E-state index < -0.39 is 18.0 Å². The number of likely N-dealkylation sites (tertiary alicyclic amines) is 1. The monoisotopic (exact) mass is 297 g/mol. The number of hydrogen-bond donors (Lipinski definition) is 0. The molecule has 3 rings (SSSR count). The summed E-state index contributed by atoms with van der Waals surface area (Å²) >= 11 is 0. The average molecular weight is 297 g/mol. The van der Waals surface area contributed by atoms with Crippen LogP contribution < -0.4 is 0 Å². The number of carbonyl (C=O) groups is 1. The highest BCUT2D eigenvalue weighted by Crippen LogP contribution is 2.35. The van der Waals surface area contributed by atoms with Gasteiger partial charge in [0.05, 0.1) is 11.5 Å². The van der Waals surface area contributed by atoms with Gasteiger partial charge in [-0.3, -0.25) is 4.79 Å². The Kier molecular flexibility index (Phi) is 3.19. The molecule has 6 heteroatoms. The van der Waals surface area contributed by atoms with E-state index in [4.69, 9.17) is 4.42 Å². The number of aryl methyl sites for hydroxylation is 1. The van der Waals surface area contributed by atoms with Gasteiger partial charge in [0.25, 0.3) is 5.91 Å². The van der Waals surface area contributed by atoms with Gasteiger partial charge in [-0.25, -0.2) is 0 Å². The number of rotatable bonds is 2. The fourth-order valence-electron chi connectivity index (χ4n) is 2.48. The minimum Gasteiger partial charge on any atom is -0.463 e. The van der Waals surface area contributed by atoms with Gasteiger partial charge >= 0.3 is 6.18 Å². The smallest absolute Gasteiger partial charge is 0.395 e. The lowest BCUT2D eigenvalue weighted by atomic mass is 9.98. The van der Waals surface area contributed by atoms with Gasteiger partial charge in [-0.15, -0.1) is 0 Å². The van der Waals surface area contributed by atoms with Gasteiger partial charge in [-0.2, -0.15) is 13.2 Å². The second-order valence-electron chi connectivity index (χ2n) is 5.28. The van der Waals surface area contributed by atoms with E-state index in [0.717, 1.165) is 12.0 Å². The molecule has 2 aromatic rings. The van der Waals surface area contributed by atoms with Crippen LogP contribution in [0.4, 0.5) is 13.2 Å². The third kappa shape index (κ3) is 2.39. The normalized spacial score (nSPS) is 16.3. The summed E-state index contributed by atoms with van der Waals surface area (Å²) in [5.74, 6) is -1.81. The standard InChI is InChI=1S/C15H14F3NO2/c1-2-9-3-4-13-11(5-9)12(8-21-13)14(20)19-6-10(7-19)15(16,17)18/h3-5,8,10H,2,6-7H2,1H3. The molecule has 0 atom stereocenters. The first-order valence-corrected chi connectivity index (χ1v) is 6.76. The molecular formula is C15H14F3NO2. The van der Waals surface area contributed by atoms with E-state index in [1.54, 1.807) is 6.07 Å². The molecule has 112 valence electrons. The molecule has 0 aliphatic carbocycles. The molecule has 1 fully saturated rings. The van der Waals surface area contributed by atoms with Gasteiger partial charge in [0.15, 0.2) is 0 Å². The first kappa shape index (κ1) is 14.0. The summed E-state index contributed by atoms with van der Waals surface area (Å²) in [5.41, 5.74) is 1.96. The molecule has 0 bridgehead atoms. The molecule has 2 heterocycles. The highest BCUT2D eigenvalue weighted by atomic mass is 19.4. The number of fused-ring (bicyclic) bond motifs is 1. The Labute approximate surface area is 119 Å². The molecule has 1 amide bonds. The second-order valence-corrected chi connectivity index (χ2v) is 5.28. The van der Waals surface area contributed by atoms with Crippen LogP contribution in [0.3, 0.4) is 0 Å². The van der Waals surface area contributed by atoms with Crippen molar-refractivity contribution in [1.82, 2.24) is 4.90 Å². The Morgan fingerprint density at radius 2 is 2.10 bits per heavy atom. The van der Waals surface area contributed by atoms with Crippen molar-refractivity contribution >= 4 is 16.9 Å². The average Bonchev–Trinajstić information content (AvgIpc) is 2.77. The number of nitrogens with zero attached hydrogens (tertiary/aromatic N) is 1. The minimum absolute atomic E-state index is 0.275. The molecule has 1 aliphatic heterocycles. The lowest BCUT2D eigenvalue weighted by molar-refractivity contribution is -0.202. The third-order valence-corrected chi connectivity index (χ3v) is 3.91. The molecule has 21 heavy (non-hydrogen) atoms. The summed E-state index contributed by atoms with van der Waals surface area (Å²) in [7, 11) is 0. The van der Waals surface area contributed by atoms with Crippen molar-refractivity contribution < 1.29 is 22.4 Å². The van der Waals surface area contributed by atoms with Gasteiger partial charge in [0.2, 0.25) is 0 Å². The zero-order valence-corrected chi connectivity index (χ0v) is 11.4. The van der Waals surface area contributed by atoms with Gasteiger partial charge < -0.3 is 9.32 Å². The van der Waals surface area contributed by atoms with E-state index in [9.17, 15) is 18.0 Å². The Morgan fingerprint density at radius 1 is 1.38 bits per heavy atom. The molecule has 0 unspecified atom stereocenters. The van der Waals surface area contributed by atoms with Crippen LogP contribution in [-0.4, -0.2) is 30.1 Å². The van der Waals surface area contributed by atoms with Crippen LogP contribution in [0.1, 0.15) is 22.8 Å². The summed E-state index contributed by atoms with van der Waals surface area (Å²) < 4.78 is 42.7. The quantitative estimate of drug-likeness (QED) is 0.848. The second kappa shape index (κ2) is 4.79. The first-order chi connectivity index (χ1) is 9.90. The largest absolute Gasteiger partial charge is 0.463 e. The maximum absolute atomic E-state index is 12.5. The zero-order valence-electron chi connectivity index (χ0n) is 11.4. The van der Waals surface area contributed by atoms with Crippen LogP contribution in [0.15, 0.2) is 28.9 Å². The van der Waals surface area contributed by atoms with Crippen molar-refractivity contribution in [3.63, 3.8) is 0 Å². The summed E-state index contributed by atoms with van der Waals surface area (Å²) in [6, 6.07) is 5.54. The van der Waals surface area contributed by atoms with E-state index in [2.05, 4.69) is 0 Å². The van der Waals surface area contributed by atoms with Crippen molar-refractivity contribution in [2.45, 2.75) is 19.5 Å². The van der Waals surface area contributed by atoms with Crippen molar-refractivity contribution in [3.05, 3.63) is 35.6 Å². The number of hydrogen-bond acceptors (Lipinski definition) is 2. The first-order valence-electron chi connectivity index (χ1n) is 6.76. The number of alkyl halides is 3. The Bertz CT molecular complexity index is 684. The Balaban J connectivity index is 1.83. The molecule has 1 aromatic carbocycles. The number of halogens is 3. The Hall–Kier alpha value is -1.98. The maximum Gasteiger partial charge on any atom is 0.395 e. The van der Waals surface area contributed by atoms with Crippen LogP contribution in [0.5, 0.6) is 0 Å². The SMILES string of the molecule is CCc1ccc2occ(C(=O)N3CC(C(F)(F)F)C3)c2c1. The summed E-state index contributed by atoms with van der Waals surface area (Å²) in [4.78, 5) is 13.5. The molecule has 0 N–H and O–H groups in total. The molecule has 1 saturated heterocycles. The molecule has 0 radical (unpaired) electrons. The predicted octanol–water partition coefficient (Wildman–Crippen LogP) is 3.63. The molecule has 1 aromatic heterocycles. The van der Waals surface area contributed by atoms with Crippen molar-refractivity contribution in [3.8, 4) is 0 Å². The molecule has 3 nitrogen and oxygen atoms in total. The fourth-order valence-corrected chi connectivity index (χ4v) is 2.48. The lowest BCUT2D eigenvalue weighted by Crippen LogP contribution is -2.55. The third-order valence-electron chi connectivity index (χ3n) is 3.91. The summed E-state index contributed by atoms with van der Waals surface area (Å²) in [6.45, 7) is 1.44. The van der Waals surface area contributed by atoms with Crippen LogP contribution in [0, 0.1) is 5.92 Å². The summed E-state index contributed by atoms with van der Waals surface area (Å²) in [5, 5.41) is 0.662. The minimum atomic E-state index is -4.23. The topological polar surface area (TPSA) is 33.5 Å². The van der Waals surface area contributed by atoms with Crippen molar-refractivity contribution in [2.24, 2.45) is 5.92 Å². The predicted molar refractivity (Wildman–Crippen MR) is 71.0 cm³/mol. The molecule has 1 aliphatic rings. The van der Waals surface area contributed by atoms with Crippen LogP contribution >= 0.6 is 0 Å². The van der Waals surface area contributed by atoms with Gasteiger partial charge in [-0.1, -0.05) is 13.0 Å². The van der Waals surface area contributed by atoms with E-state index in [0.29, 0.717) is 16.5 Å². The van der Waals surface area contributed by atoms with E-state index in [1.807, 2.05) is 19.1 Å². The maximum atomic E-state index is 12.5. The van der Waals surface area contributed by atoms with E-state index in [-0.39, 0.29) is 13.1 Å². The lowest BCUT2D eigenvalue weighted by Gasteiger charge is -2.39. The summed E-state index contributed by atoms with van der Waals surface area (Å²) in [6.07, 6.45) is -2.09. The molecular weight excluding hydrogens is 283 g/mol. The highest BCUT2D eigenvalue weighted by Gasteiger charge is 2.48. The number of carbonyl (C=O) groups excluding carboxylic acids is 1. The van der Waals surface area contributed by atoms with Crippen molar-refractivity contribution in [2.75, 3.05) is 13.1 Å². The van der Waals surface area contributed by atoms with Crippen molar-refractivity contribution in [1.29, 1.82) is 0 Å². The fraction of sp³-hybridized carbons (Fsp3) is 0.400. The van der Waals surface area contributed by atoms with Gasteiger partial charge in [-0.05, 0) is 24.1 Å². The van der Waals surface area contributed by atoms with Crippen LogP contribution in [0.25, 0.3) is 11.0 Å².